The van der Waals surface area contributed by atoms with Gasteiger partial charge in [0.05, 0.1) is 13.2 Å². The number of carbonyl (C=O) groups is 2. The number of unbranched alkanes of at least 4 members (excludes halogenated alkanes) is 2. The van der Waals surface area contributed by atoms with Crippen LogP contribution in [0.1, 0.15) is 76.7 Å². The number of benzene rings is 1. The summed E-state index contributed by atoms with van der Waals surface area (Å²) in [4.78, 5) is 25.4. The molecule has 32 heavy (non-hydrogen) atoms. The molecule has 0 aliphatic carbocycles. The van der Waals surface area contributed by atoms with Gasteiger partial charge in [-0.1, -0.05) is 55.8 Å². The fourth-order valence-corrected chi connectivity index (χ4v) is 4.40. The highest BCUT2D eigenvalue weighted by molar-refractivity contribution is 5.78. The van der Waals surface area contributed by atoms with E-state index in [1.54, 1.807) is 0 Å². The Morgan fingerprint density at radius 2 is 1.97 bits per heavy atom. The number of ether oxygens (including phenoxy) is 1. The number of carbonyl (C=O) groups excluding carboxylic acids is 2. The van der Waals surface area contributed by atoms with Crippen molar-refractivity contribution in [2.45, 2.75) is 89.7 Å². The fraction of sp³-hybridized carbons (Fsp3) is 0.630. The monoisotopic (exact) mass is 443 g/mol. The predicted octanol–water partition coefficient (Wildman–Crippen LogP) is 5.07. The molecule has 0 radical (unpaired) electrons. The van der Waals surface area contributed by atoms with Crippen LogP contribution in [0.5, 0.6) is 0 Å². The number of aliphatic hydroxyl groups is 1. The molecule has 0 spiro atoms. The summed E-state index contributed by atoms with van der Waals surface area (Å²) < 4.78 is 4.64. The van der Waals surface area contributed by atoms with Crippen LogP contribution in [0.15, 0.2) is 42.5 Å². The Kier molecular flexibility index (Phi) is 12.1. The van der Waals surface area contributed by atoms with Gasteiger partial charge in [0.15, 0.2) is 0 Å². The maximum Gasteiger partial charge on any atom is 0.305 e. The third-order valence-electron chi connectivity index (χ3n) is 6.57. The molecular formula is C27H41NO4. The van der Waals surface area contributed by atoms with Crippen molar-refractivity contribution in [1.82, 2.24) is 4.90 Å². The summed E-state index contributed by atoms with van der Waals surface area (Å²) in [6.07, 6.45) is 13.3. The molecule has 1 N–H and O–H groups in total. The molecule has 1 aromatic rings. The lowest BCUT2D eigenvalue weighted by molar-refractivity contribution is -0.140. The van der Waals surface area contributed by atoms with Crippen molar-refractivity contribution in [3.05, 3.63) is 48.0 Å². The Bertz CT molecular complexity index is 703. The molecule has 5 heteroatoms. The largest absolute Gasteiger partial charge is 0.469 e. The second kappa shape index (κ2) is 14.8. The Morgan fingerprint density at radius 3 is 2.72 bits per heavy atom. The number of aliphatic hydroxyl groups excluding tert-OH is 1. The number of methoxy groups -OCH3 is 1. The van der Waals surface area contributed by atoms with E-state index in [1.807, 2.05) is 23.1 Å². The Balaban J connectivity index is 1.63. The SMILES string of the molecule is COC(=O)CCC/C=C/CN1C(=O)CC[C@@H]1CC[C@@H](O)[C@@H](C)CCCCc1ccccc1. The Morgan fingerprint density at radius 1 is 1.19 bits per heavy atom. The van der Waals surface area contributed by atoms with Gasteiger partial charge in [0, 0.05) is 25.4 Å². The van der Waals surface area contributed by atoms with E-state index >= 15 is 0 Å². The van der Waals surface area contributed by atoms with Crippen molar-refractivity contribution in [3.8, 4) is 0 Å². The number of hydrogen-bond acceptors (Lipinski definition) is 4. The molecule has 1 aliphatic rings. The fourth-order valence-electron chi connectivity index (χ4n) is 4.40. The zero-order chi connectivity index (χ0) is 23.2. The zero-order valence-corrected chi connectivity index (χ0v) is 19.9. The number of nitrogens with zero attached hydrogens (tertiary/aromatic N) is 1. The molecule has 3 atom stereocenters. The summed E-state index contributed by atoms with van der Waals surface area (Å²) in [7, 11) is 1.40. The van der Waals surface area contributed by atoms with E-state index in [9.17, 15) is 14.7 Å². The van der Waals surface area contributed by atoms with E-state index in [4.69, 9.17) is 0 Å². The van der Waals surface area contributed by atoms with Crippen molar-refractivity contribution in [2.75, 3.05) is 13.7 Å². The van der Waals surface area contributed by atoms with Gasteiger partial charge in [0.2, 0.25) is 5.91 Å². The average molecular weight is 444 g/mol. The van der Waals surface area contributed by atoms with Crippen molar-refractivity contribution in [3.63, 3.8) is 0 Å². The molecule has 0 saturated carbocycles. The highest BCUT2D eigenvalue weighted by atomic mass is 16.5. The highest BCUT2D eigenvalue weighted by Crippen LogP contribution is 2.25. The maximum absolute atomic E-state index is 12.3. The number of aryl methyl sites for hydroxylation is 1. The molecule has 1 aliphatic heterocycles. The second-order valence-corrected chi connectivity index (χ2v) is 9.03. The minimum Gasteiger partial charge on any atom is -0.469 e. The minimum absolute atomic E-state index is 0.183. The van der Waals surface area contributed by atoms with Gasteiger partial charge in [-0.05, 0) is 62.8 Å². The molecule has 1 saturated heterocycles. The Hall–Kier alpha value is -2.14. The quantitative estimate of drug-likeness (QED) is 0.234. The van der Waals surface area contributed by atoms with Crippen LogP contribution in [0.3, 0.4) is 0 Å². The van der Waals surface area contributed by atoms with Crippen LogP contribution in [-0.2, 0) is 20.7 Å². The summed E-state index contributed by atoms with van der Waals surface area (Å²) in [5, 5.41) is 10.6. The van der Waals surface area contributed by atoms with Crippen LogP contribution < -0.4 is 0 Å². The van der Waals surface area contributed by atoms with Crippen LogP contribution in [0.25, 0.3) is 0 Å². The van der Waals surface area contributed by atoms with Crippen molar-refractivity contribution >= 4 is 11.9 Å². The Labute approximate surface area is 193 Å². The summed E-state index contributed by atoms with van der Waals surface area (Å²) >= 11 is 0. The molecule has 0 unspecified atom stereocenters. The van der Waals surface area contributed by atoms with Crippen molar-refractivity contribution in [2.24, 2.45) is 5.92 Å². The van der Waals surface area contributed by atoms with Gasteiger partial charge in [-0.25, -0.2) is 0 Å². The van der Waals surface area contributed by atoms with Gasteiger partial charge >= 0.3 is 5.97 Å². The summed E-state index contributed by atoms with van der Waals surface area (Å²) in [5.74, 6) is 0.306. The van der Waals surface area contributed by atoms with Crippen LogP contribution >= 0.6 is 0 Å². The second-order valence-electron chi connectivity index (χ2n) is 9.03. The molecule has 0 aromatic heterocycles. The first kappa shape index (κ1) is 26.1. The van der Waals surface area contributed by atoms with Gasteiger partial charge in [0.25, 0.3) is 0 Å². The first-order valence-electron chi connectivity index (χ1n) is 12.2. The average Bonchev–Trinajstić information content (AvgIpc) is 3.16. The van der Waals surface area contributed by atoms with Gasteiger partial charge < -0.3 is 14.7 Å². The number of rotatable bonds is 15. The van der Waals surface area contributed by atoms with Gasteiger partial charge in [-0.2, -0.15) is 0 Å². The molecule has 0 bridgehead atoms. The molecule has 1 amide bonds. The summed E-state index contributed by atoms with van der Waals surface area (Å²) in [5.41, 5.74) is 1.38. The van der Waals surface area contributed by atoms with E-state index in [2.05, 4.69) is 35.9 Å². The predicted molar refractivity (Wildman–Crippen MR) is 128 cm³/mol. The molecule has 1 heterocycles. The molecular weight excluding hydrogens is 402 g/mol. The van der Waals surface area contributed by atoms with E-state index in [1.165, 1.54) is 12.7 Å². The lowest BCUT2D eigenvalue weighted by atomic mass is 9.92. The standard InChI is InChI=1S/C27H41NO4/c1-22(12-9-10-15-23-13-6-5-7-14-23)25(29)19-17-24-18-20-26(30)28(24)21-11-4-3-8-16-27(31)32-2/h4-7,11,13-14,22,24-25,29H,3,8-10,12,15-21H2,1-2H3/b11-4+/t22-,24-,25+/m0/s1. The molecule has 2 rings (SSSR count). The van der Waals surface area contributed by atoms with Crippen LogP contribution in [0.4, 0.5) is 0 Å². The molecule has 1 fully saturated rings. The van der Waals surface area contributed by atoms with Gasteiger partial charge in [-0.3, -0.25) is 9.59 Å². The highest BCUT2D eigenvalue weighted by Gasteiger charge is 2.30. The summed E-state index contributed by atoms with van der Waals surface area (Å²) in [6.45, 7) is 2.76. The third kappa shape index (κ3) is 9.56. The first-order chi connectivity index (χ1) is 15.5. The number of amides is 1. The van der Waals surface area contributed by atoms with Crippen molar-refractivity contribution < 1.29 is 19.4 Å². The van der Waals surface area contributed by atoms with E-state index < -0.39 is 0 Å². The number of esters is 1. The lowest BCUT2D eigenvalue weighted by Gasteiger charge is -2.26. The normalized spacial score (nSPS) is 18.3. The number of likely N-dealkylation sites (tertiary alicyclic amines) is 1. The third-order valence-corrected chi connectivity index (χ3v) is 6.57. The smallest absolute Gasteiger partial charge is 0.305 e. The van der Waals surface area contributed by atoms with Gasteiger partial charge in [-0.15, -0.1) is 0 Å². The lowest BCUT2D eigenvalue weighted by Crippen LogP contribution is -2.34. The molecule has 5 nitrogen and oxygen atoms in total. The minimum atomic E-state index is -0.307. The van der Waals surface area contributed by atoms with Gasteiger partial charge in [0.1, 0.15) is 0 Å². The summed E-state index contributed by atoms with van der Waals surface area (Å²) in [6, 6.07) is 10.8. The molecule has 1 aromatic carbocycles. The zero-order valence-electron chi connectivity index (χ0n) is 19.9. The topological polar surface area (TPSA) is 66.8 Å². The van der Waals surface area contributed by atoms with Crippen LogP contribution in [-0.4, -0.2) is 47.7 Å². The van der Waals surface area contributed by atoms with E-state index in [-0.39, 0.29) is 29.9 Å². The van der Waals surface area contributed by atoms with E-state index in [0.29, 0.717) is 19.4 Å². The van der Waals surface area contributed by atoms with Crippen molar-refractivity contribution in [1.29, 1.82) is 0 Å². The first-order valence-corrected chi connectivity index (χ1v) is 12.2. The van der Waals surface area contributed by atoms with Crippen LogP contribution in [0.2, 0.25) is 0 Å². The maximum atomic E-state index is 12.3. The number of hydrogen-bond donors (Lipinski definition) is 1. The van der Waals surface area contributed by atoms with E-state index in [0.717, 1.165) is 57.8 Å². The molecule has 178 valence electrons. The van der Waals surface area contributed by atoms with Crippen LogP contribution in [0, 0.1) is 5.92 Å². The number of allylic oxidation sites excluding steroid dienone is 1.